The molecule has 3 aromatic rings. The summed E-state index contributed by atoms with van der Waals surface area (Å²) in [6, 6.07) is 21.1. The smallest absolute Gasteiger partial charge is 0.126 e. The number of hydrogen-bond acceptors (Lipinski definition) is 5. The first-order valence-electron chi connectivity index (χ1n) is 11.6. The van der Waals surface area contributed by atoms with Gasteiger partial charge < -0.3 is 5.32 Å². The maximum atomic E-state index is 9.11. The summed E-state index contributed by atoms with van der Waals surface area (Å²) in [6.07, 6.45) is 2.43. The molecule has 5 nitrogen and oxygen atoms in total. The molecular weight excluding hydrogens is 474 g/mol. The quantitative estimate of drug-likeness (QED) is 0.511. The number of aryl methyl sites for hydroxylation is 1. The van der Waals surface area contributed by atoms with Gasteiger partial charge in [0.2, 0.25) is 0 Å². The monoisotopic (exact) mass is 501 g/mol. The van der Waals surface area contributed by atoms with Crippen LogP contribution in [-0.4, -0.2) is 40.5 Å². The van der Waals surface area contributed by atoms with E-state index in [1.165, 1.54) is 30.6 Å². The first kappa shape index (κ1) is 22.2. The van der Waals surface area contributed by atoms with Crippen molar-refractivity contribution in [3.05, 3.63) is 81.7 Å². The first-order valence-corrected chi connectivity index (χ1v) is 12.4. The maximum absolute atomic E-state index is 9.11. The number of aromatic nitrogens is 2. The average Bonchev–Trinajstić information content (AvgIpc) is 2.84. The molecule has 0 aliphatic carbocycles. The van der Waals surface area contributed by atoms with Crippen molar-refractivity contribution in [2.75, 3.05) is 19.6 Å². The molecule has 3 aliphatic heterocycles. The number of hydrogen-bond donors (Lipinski definition) is 1. The van der Waals surface area contributed by atoms with Crippen LogP contribution in [0.4, 0.5) is 0 Å². The van der Waals surface area contributed by atoms with Crippen LogP contribution in [0.15, 0.2) is 59.1 Å². The van der Waals surface area contributed by atoms with Crippen LogP contribution in [0, 0.1) is 24.2 Å². The van der Waals surface area contributed by atoms with E-state index in [1.54, 1.807) is 0 Å². The summed E-state index contributed by atoms with van der Waals surface area (Å²) >= 11 is 3.68. The number of piperidine rings is 3. The predicted octanol–water partition coefficient (Wildman–Crippen LogP) is 5.05. The van der Waals surface area contributed by atoms with Crippen molar-refractivity contribution in [1.82, 2.24) is 20.2 Å². The molecule has 168 valence electrons. The summed E-state index contributed by atoms with van der Waals surface area (Å²) in [5.74, 6) is 1.96. The molecule has 2 aromatic carbocycles. The van der Waals surface area contributed by atoms with Crippen molar-refractivity contribution in [3.63, 3.8) is 0 Å². The summed E-state index contributed by atoms with van der Waals surface area (Å²) in [4.78, 5) is 12.3. The highest BCUT2D eigenvalue weighted by molar-refractivity contribution is 9.10. The lowest BCUT2D eigenvalue weighted by Gasteiger charge is -2.50. The Labute approximate surface area is 204 Å². The standard InChI is InChI=1S/C27H28BrN5/c1-18-31-26(23-7-2-3-8-25(23)28)13-27(32-18)24-17-33-10-9-21(24)12-22(33)16-30-15-20-6-4-5-19(11-20)14-29/h2-8,11,13,21-22,24,30H,9-10,12,15-17H2,1H3/t21-,22+,24+/m0/s1. The molecule has 6 rings (SSSR count). The van der Waals surface area contributed by atoms with Crippen LogP contribution in [0.2, 0.25) is 0 Å². The zero-order chi connectivity index (χ0) is 22.8. The lowest BCUT2D eigenvalue weighted by Crippen LogP contribution is -2.55. The van der Waals surface area contributed by atoms with Crippen LogP contribution >= 0.6 is 15.9 Å². The Kier molecular flexibility index (Phi) is 6.55. The summed E-state index contributed by atoms with van der Waals surface area (Å²) in [5.41, 5.74) is 5.19. The Balaban J connectivity index is 1.26. The minimum atomic E-state index is 0.463. The van der Waals surface area contributed by atoms with Gasteiger partial charge in [-0.1, -0.05) is 46.3 Å². The molecule has 3 aliphatic rings. The van der Waals surface area contributed by atoms with Crippen molar-refractivity contribution >= 4 is 15.9 Å². The van der Waals surface area contributed by atoms with Crippen LogP contribution in [0.5, 0.6) is 0 Å². The molecule has 3 fully saturated rings. The minimum Gasteiger partial charge on any atom is -0.311 e. The van der Waals surface area contributed by atoms with E-state index in [9.17, 15) is 0 Å². The molecule has 6 heteroatoms. The third kappa shape index (κ3) is 4.86. The molecule has 1 unspecified atom stereocenters. The number of halogens is 1. The van der Waals surface area contributed by atoms with Crippen LogP contribution < -0.4 is 5.32 Å². The SMILES string of the molecule is Cc1nc(-c2ccccc2Br)cc([C@@H]2CN3CC[C@H]2C[C@@H]3CNCc2cccc(C#N)c2)n1. The number of rotatable bonds is 6. The molecule has 1 aromatic heterocycles. The van der Waals surface area contributed by atoms with E-state index in [2.05, 4.69) is 62.5 Å². The molecule has 0 amide bonds. The molecule has 3 saturated heterocycles. The van der Waals surface area contributed by atoms with E-state index in [0.29, 0.717) is 17.9 Å². The molecule has 0 radical (unpaired) electrons. The fourth-order valence-electron chi connectivity index (χ4n) is 5.41. The van der Waals surface area contributed by atoms with E-state index < -0.39 is 0 Å². The Morgan fingerprint density at radius 1 is 1.15 bits per heavy atom. The van der Waals surface area contributed by atoms with Gasteiger partial charge in [-0.15, -0.1) is 0 Å². The van der Waals surface area contributed by atoms with Gasteiger partial charge in [0.15, 0.2) is 0 Å². The van der Waals surface area contributed by atoms with Gasteiger partial charge in [0.25, 0.3) is 0 Å². The second kappa shape index (κ2) is 9.72. The van der Waals surface area contributed by atoms with E-state index >= 15 is 0 Å². The minimum absolute atomic E-state index is 0.463. The van der Waals surface area contributed by atoms with Gasteiger partial charge in [-0.25, -0.2) is 9.97 Å². The average molecular weight is 502 g/mol. The third-order valence-corrected chi connectivity index (χ3v) is 7.72. The summed E-state index contributed by atoms with van der Waals surface area (Å²) in [5, 5.41) is 12.7. The highest BCUT2D eigenvalue weighted by atomic mass is 79.9. The molecule has 4 atom stereocenters. The highest BCUT2D eigenvalue weighted by Gasteiger charge is 2.41. The number of nitrogens with one attached hydrogen (secondary N) is 1. The van der Waals surface area contributed by atoms with Gasteiger partial charge >= 0.3 is 0 Å². The van der Waals surface area contributed by atoms with Crippen LogP contribution in [0.25, 0.3) is 11.3 Å². The van der Waals surface area contributed by atoms with Crippen LogP contribution in [-0.2, 0) is 6.54 Å². The number of nitriles is 1. The van der Waals surface area contributed by atoms with E-state index in [4.69, 9.17) is 15.2 Å². The third-order valence-electron chi connectivity index (χ3n) is 7.03. The Bertz CT molecular complexity index is 1190. The number of benzene rings is 2. The maximum Gasteiger partial charge on any atom is 0.126 e. The van der Waals surface area contributed by atoms with Crippen molar-refractivity contribution < 1.29 is 0 Å². The molecule has 2 bridgehead atoms. The second-order valence-corrected chi connectivity index (χ2v) is 10.0. The van der Waals surface area contributed by atoms with Gasteiger partial charge in [-0.3, -0.25) is 4.90 Å². The van der Waals surface area contributed by atoms with Gasteiger partial charge in [0.1, 0.15) is 5.82 Å². The van der Waals surface area contributed by atoms with E-state index in [1.807, 2.05) is 31.2 Å². The molecule has 4 heterocycles. The van der Waals surface area contributed by atoms with E-state index in [-0.39, 0.29) is 0 Å². The summed E-state index contributed by atoms with van der Waals surface area (Å²) in [6.45, 7) is 6.00. The fourth-order valence-corrected chi connectivity index (χ4v) is 5.90. The van der Waals surface area contributed by atoms with Crippen LogP contribution in [0.1, 0.15) is 41.4 Å². The molecule has 33 heavy (non-hydrogen) atoms. The molecular formula is C27H28BrN5. The van der Waals surface area contributed by atoms with Gasteiger partial charge in [0.05, 0.1) is 17.3 Å². The van der Waals surface area contributed by atoms with Gasteiger partial charge in [-0.2, -0.15) is 5.26 Å². The largest absolute Gasteiger partial charge is 0.311 e. The Morgan fingerprint density at radius 3 is 2.82 bits per heavy atom. The summed E-state index contributed by atoms with van der Waals surface area (Å²) < 4.78 is 1.06. The van der Waals surface area contributed by atoms with E-state index in [0.717, 1.165) is 46.8 Å². The summed E-state index contributed by atoms with van der Waals surface area (Å²) in [7, 11) is 0. The highest BCUT2D eigenvalue weighted by Crippen LogP contribution is 2.42. The molecule has 0 saturated carbocycles. The van der Waals surface area contributed by atoms with Crippen molar-refractivity contribution in [1.29, 1.82) is 5.26 Å². The Morgan fingerprint density at radius 2 is 2.03 bits per heavy atom. The predicted molar refractivity (Wildman–Crippen MR) is 134 cm³/mol. The van der Waals surface area contributed by atoms with Crippen molar-refractivity contribution in [3.8, 4) is 17.3 Å². The van der Waals surface area contributed by atoms with Crippen molar-refractivity contribution in [2.24, 2.45) is 5.92 Å². The first-order chi connectivity index (χ1) is 16.1. The van der Waals surface area contributed by atoms with Gasteiger partial charge in [-0.05, 0) is 62.1 Å². The zero-order valence-corrected chi connectivity index (χ0v) is 20.4. The number of fused-ring (bicyclic) bond motifs is 3. The van der Waals surface area contributed by atoms with Gasteiger partial charge in [0, 0.05) is 47.3 Å². The van der Waals surface area contributed by atoms with Crippen LogP contribution in [0.3, 0.4) is 0 Å². The number of nitrogens with zero attached hydrogens (tertiary/aromatic N) is 4. The van der Waals surface area contributed by atoms with Crippen molar-refractivity contribution in [2.45, 2.75) is 38.3 Å². The molecule has 0 spiro atoms. The topological polar surface area (TPSA) is 64.8 Å². The normalized spacial score (nSPS) is 23.9. The fraction of sp³-hybridized carbons (Fsp3) is 0.370. The second-order valence-electron chi connectivity index (χ2n) is 9.19. The lowest BCUT2D eigenvalue weighted by atomic mass is 9.74. The lowest BCUT2D eigenvalue weighted by molar-refractivity contribution is 0.0292. The molecule has 1 N–H and O–H groups in total. The zero-order valence-electron chi connectivity index (χ0n) is 18.8. The Hall–Kier alpha value is -2.59.